The lowest BCUT2D eigenvalue weighted by molar-refractivity contribution is -0.137. The Morgan fingerprint density at radius 3 is 2.70 bits per heavy atom. The van der Waals surface area contributed by atoms with Gasteiger partial charge in [0.15, 0.2) is 5.82 Å². The number of allylic oxidation sites excluding steroid dienone is 4. The number of morpholine rings is 1. The Bertz CT molecular complexity index is 1300. The summed E-state index contributed by atoms with van der Waals surface area (Å²) in [4.78, 5) is 11.0. The van der Waals surface area contributed by atoms with Gasteiger partial charge in [-0.1, -0.05) is 48.6 Å². The minimum atomic E-state index is -4.48. The number of nitrogens with zero attached hydrogens (tertiary/aromatic N) is 5. The SMILES string of the molecule is C=C/C=C\C=C(/C)CNc1nccc(-c2cc(N3CCOCC3)nnc2-c2cccc(C(F)(F)F)c2)n1. The van der Waals surface area contributed by atoms with Gasteiger partial charge < -0.3 is 15.0 Å². The zero-order chi connectivity index (χ0) is 26.3. The van der Waals surface area contributed by atoms with Crippen molar-refractivity contribution < 1.29 is 17.9 Å². The van der Waals surface area contributed by atoms with Crippen LogP contribution < -0.4 is 10.2 Å². The lowest BCUT2D eigenvalue weighted by atomic mass is 10.0. The maximum atomic E-state index is 13.4. The highest BCUT2D eigenvalue weighted by Crippen LogP contribution is 2.35. The van der Waals surface area contributed by atoms with Gasteiger partial charge in [-0.2, -0.15) is 13.2 Å². The molecule has 0 radical (unpaired) electrons. The van der Waals surface area contributed by atoms with E-state index < -0.39 is 11.7 Å². The Kier molecular flexibility index (Phi) is 8.29. The minimum Gasteiger partial charge on any atom is -0.378 e. The molecule has 0 spiro atoms. The van der Waals surface area contributed by atoms with Crippen LogP contribution in [0.3, 0.4) is 0 Å². The quantitative estimate of drug-likeness (QED) is 0.400. The maximum Gasteiger partial charge on any atom is 0.416 e. The average molecular weight is 509 g/mol. The van der Waals surface area contributed by atoms with Crippen molar-refractivity contribution in [3.63, 3.8) is 0 Å². The number of aromatic nitrogens is 4. The molecule has 0 amide bonds. The molecule has 192 valence electrons. The van der Waals surface area contributed by atoms with E-state index >= 15 is 0 Å². The van der Waals surface area contributed by atoms with E-state index in [-0.39, 0.29) is 0 Å². The molecule has 3 heterocycles. The van der Waals surface area contributed by atoms with Crippen LogP contribution >= 0.6 is 0 Å². The van der Waals surface area contributed by atoms with E-state index in [0.717, 1.165) is 17.7 Å². The average Bonchev–Trinajstić information content (AvgIpc) is 2.92. The van der Waals surface area contributed by atoms with Crippen LogP contribution in [-0.2, 0) is 10.9 Å². The van der Waals surface area contributed by atoms with E-state index in [1.165, 1.54) is 6.07 Å². The third-order valence-electron chi connectivity index (χ3n) is 5.66. The fourth-order valence-corrected chi connectivity index (χ4v) is 3.75. The Hall–Kier alpha value is -4.05. The second kappa shape index (κ2) is 11.8. The Morgan fingerprint density at radius 1 is 1.14 bits per heavy atom. The first kappa shape index (κ1) is 26.0. The highest BCUT2D eigenvalue weighted by atomic mass is 19.4. The molecule has 37 heavy (non-hydrogen) atoms. The lowest BCUT2D eigenvalue weighted by Gasteiger charge is -2.27. The predicted molar refractivity (Wildman–Crippen MR) is 138 cm³/mol. The number of halogens is 3. The summed E-state index contributed by atoms with van der Waals surface area (Å²) >= 11 is 0. The summed E-state index contributed by atoms with van der Waals surface area (Å²) in [6.07, 6.45) is 4.49. The smallest absolute Gasteiger partial charge is 0.378 e. The van der Waals surface area contributed by atoms with Crippen molar-refractivity contribution >= 4 is 11.8 Å². The van der Waals surface area contributed by atoms with Gasteiger partial charge in [-0.3, -0.25) is 0 Å². The third kappa shape index (κ3) is 6.79. The highest BCUT2D eigenvalue weighted by Gasteiger charge is 2.31. The molecule has 1 saturated heterocycles. The number of nitrogens with one attached hydrogen (secondary N) is 1. The van der Waals surface area contributed by atoms with Gasteiger partial charge >= 0.3 is 6.18 Å². The van der Waals surface area contributed by atoms with Crippen LogP contribution in [-0.4, -0.2) is 53.0 Å². The molecule has 0 unspecified atom stereocenters. The summed E-state index contributed by atoms with van der Waals surface area (Å²) in [5, 5.41) is 11.9. The number of alkyl halides is 3. The van der Waals surface area contributed by atoms with E-state index in [2.05, 4.69) is 32.1 Å². The van der Waals surface area contributed by atoms with Crippen LogP contribution in [0.2, 0.25) is 0 Å². The first-order valence-corrected chi connectivity index (χ1v) is 11.8. The van der Waals surface area contributed by atoms with Gasteiger partial charge in [0.25, 0.3) is 0 Å². The van der Waals surface area contributed by atoms with E-state index in [1.54, 1.807) is 24.4 Å². The summed E-state index contributed by atoms with van der Waals surface area (Å²) < 4.78 is 45.7. The van der Waals surface area contributed by atoms with Gasteiger partial charge in [0.1, 0.15) is 5.69 Å². The van der Waals surface area contributed by atoms with Gasteiger partial charge in [0.2, 0.25) is 5.95 Å². The second-order valence-corrected chi connectivity index (χ2v) is 8.40. The number of rotatable bonds is 8. The zero-order valence-electron chi connectivity index (χ0n) is 20.4. The molecule has 0 atom stereocenters. The molecule has 7 nitrogen and oxygen atoms in total. The van der Waals surface area contributed by atoms with Gasteiger partial charge in [0.05, 0.1) is 24.5 Å². The van der Waals surface area contributed by atoms with Crippen molar-refractivity contribution in [2.45, 2.75) is 13.1 Å². The molecule has 0 aliphatic carbocycles. The second-order valence-electron chi connectivity index (χ2n) is 8.40. The molecule has 10 heteroatoms. The fraction of sp³-hybridized carbons (Fsp3) is 0.259. The summed E-state index contributed by atoms with van der Waals surface area (Å²) in [6.45, 7) is 8.52. The number of hydrogen-bond donors (Lipinski definition) is 1. The first-order valence-electron chi connectivity index (χ1n) is 11.8. The number of ether oxygens (including phenoxy) is 1. The maximum absolute atomic E-state index is 13.4. The van der Waals surface area contributed by atoms with E-state index in [1.807, 2.05) is 36.1 Å². The molecule has 4 rings (SSSR count). The standard InChI is InChI=1S/C27H27F3N6O/c1-3-4-5-7-19(2)18-32-26-31-11-10-23(33-26)22-17-24(36-12-14-37-15-13-36)34-35-25(22)20-8-6-9-21(16-20)27(28,29)30/h3-11,16-17H,1,12-15,18H2,2H3,(H,31,32,33)/b5-4-,19-7+. The van der Waals surface area contributed by atoms with Crippen molar-refractivity contribution in [3.8, 4) is 22.5 Å². The molecule has 2 aromatic heterocycles. The topological polar surface area (TPSA) is 76.1 Å². The predicted octanol–water partition coefficient (Wildman–Crippen LogP) is 5.56. The van der Waals surface area contributed by atoms with Crippen molar-refractivity contribution in [3.05, 3.63) is 84.6 Å². The summed E-state index contributed by atoms with van der Waals surface area (Å²) in [7, 11) is 0. The molecule has 3 aromatic rings. The number of anilines is 2. The fourth-order valence-electron chi connectivity index (χ4n) is 3.75. The normalized spacial score (nSPS) is 14.7. The third-order valence-corrected chi connectivity index (χ3v) is 5.66. The van der Waals surface area contributed by atoms with Crippen molar-refractivity contribution in [1.29, 1.82) is 0 Å². The Labute approximate surface area is 213 Å². The molecular weight excluding hydrogens is 481 g/mol. The van der Waals surface area contributed by atoms with Crippen LogP contribution in [0.4, 0.5) is 24.9 Å². The van der Waals surface area contributed by atoms with E-state index in [0.29, 0.717) is 67.1 Å². The van der Waals surface area contributed by atoms with Gasteiger partial charge in [-0.05, 0) is 31.2 Å². The molecule has 1 aliphatic rings. The van der Waals surface area contributed by atoms with Crippen molar-refractivity contribution in [1.82, 2.24) is 20.2 Å². The van der Waals surface area contributed by atoms with Crippen LogP contribution in [0.1, 0.15) is 12.5 Å². The number of benzene rings is 1. The van der Waals surface area contributed by atoms with E-state index in [4.69, 9.17) is 4.74 Å². The van der Waals surface area contributed by atoms with Crippen LogP contribution in [0.25, 0.3) is 22.5 Å². The molecular formula is C27H27F3N6O. The summed E-state index contributed by atoms with van der Waals surface area (Å²) in [5.74, 6) is 0.993. The summed E-state index contributed by atoms with van der Waals surface area (Å²) in [5.41, 5.74) is 1.97. The zero-order valence-corrected chi connectivity index (χ0v) is 20.4. The van der Waals surface area contributed by atoms with Crippen LogP contribution in [0.5, 0.6) is 0 Å². The highest BCUT2D eigenvalue weighted by molar-refractivity contribution is 5.81. The summed E-state index contributed by atoms with van der Waals surface area (Å²) in [6, 6.07) is 8.58. The molecule has 1 N–H and O–H groups in total. The molecule has 1 aromatic carbocycles. The number of hydrogen-bond acceptors (Lipinski definition) is 7. The van der Waals surface area contributed by atoms with Gasteiger partial charge in [-0.25, -0.2) is 9.97 Å². The minimum absolute atomic E-state index is 0.298. The van der Waals surface area contributed by atoms with Crippen molar-refractivity contribution in [2.24, 2.45) is 0 Å². The molecule has 1 aliphatic heterocycles. The molecule has 0 bridgehead atoms. The first-order chi connectivity index (χ1) is 17.8. The largest absolute Gasteiger partial charge is 0.416 e. The molecule has 0 saturated carbocycles. The lowest BCUT2D eigenvalue weighted by Crippen LogP contribution is -2.36. The van der Waals surface area contributed by atoms with Gasteiger partial charge in [-0.15, -0.1) is 10.2 Å². The van der Waals surface area contributed by atoms with Crippen LogP contribution in [0.15, 0.2) is 79.1 Å². The van der Waals surface area contributed by atoms with Crippen molar-refractivity contribution in [2.75, 3.05) is 43.1 Å². The Balaban J connectivity index is 1.72. The Morgan fingerprint density at radius 2 is 1.95 bits per heavy atom. The molecule has 1 fully saturated rings. The monoisotopic (exact) mass is 508 g/mol. The van der Waals surface area contributed by atoms with Gasteiger partial charge in [0, 0.05) is 37.0 Å². The van der Waals surface area contributed by atoms with E-state index in [9.17, 15) is 13.2 Å². The van der Waals surface area contributed by atoms with Crippen LogP contribution in [0, 0.1) is 0 Å².